The van der Waals surface area contributed by atoms with Crippen molar-refractivity contribution in [2.75, 3.05) is 17.2 Å². The molecule has 1 aromatic heterocycles. The van der Waals surface area contributed by atoms with Crippen LogP contribution >= 0.6 is 0 Å². The second-order valence-corrected chi connectivity index (χ2v) is 4.14. The number of anilines is 3. The summed E-state index contributed by atoms with van der Waals surface area (Å²) in [6.45, 7) is 2.89. The molecule has 1 heterocycles. The Balaban J connectivity index is 2.16. The Hall–Kier alpha value is -2.17. The van der Waals surface area contributed by atoms with Crippen LogP contribution in [0.2, 0.25) is 0 Å². The van der Waals surface area contributed by atoms with Crippen LogP contribution in [-0.4, -0.2) is 11.5 Å². The molecule has 0 fully saturated rings. The van der Waals surface area contributed by atoms with Gasteiger partial charge in [0.25, 0.3) is 0 Å². The molecule has 0 amide bonds. The Labute approximate surface area is 110 Å². The standard InChI is InChI=1S/C14H15F2N3/c1-2-5-18-11-7-12(9-17-8-11)19-14-6-10(15)3-4-13(14)16/h3-4,6-9,18-19H,2,5H2,1H3. The molecule has 2 N–H and O–H groups in total. The lowest BCUT2D eigenvalue weighted by Crippen LogP contribution is -2.01. The second kappa shape index (κ2) is 6.13. The zero-order valence-corrected chi connectivity index (χ0v) is 10.6. The third kappa shape index (κ3) is 3.64. The van der Waals surface area contributed by atoms with Gasteiger partial charge in [0.2, 0.25) is 0 Å². The van der Waals surface area contributed by atoms with Crippen LogP contribution in [0.4, 0.5) is 25.8 Å². The molecule has 0 aliphatic carbocycles. The fourth-order valence-corrected chi connectivity index (χ4v) is 1.62. The normalized spacial score (nSPS) is 10.3. The molecule has 0 aliphatic rings. The highest BCUT2D eigenvalue weighted by Crippen LogP contribution is 2.22. The molecule has 0 aliphatic heterocycles. The molecule has 2 aromatic rings. The van der Waals surface area contributed by atoms with Crippen molar-refractivity contribution in [1.29, 1.82) is 0 Å². The van der Waals surface area contributed by atoms with Crippen molar-refractivity contribution in [3.63, 3.8) is 0 Å². The zero-order valence-electron chi connectivity index (χ0n) is 10.6. The van der Waals surface area contributed by atoms with Gasteiger partial charge in [0.15, 0.2) is 0 Å². The van der Waals surface area contributed by atoms with E-state index >= 15 is 0 Å². The van der Waals surface area contributed by atoms with E-state index in [-0.39, 0.29) is 5.69 Å². The van der Waals surface area contributed by atoms with Crippen LogP contribution in [0, 0.1) is 11.6 Å². The predicted molar refractivity (Wildman–Crippen MR) is 72.7 cm³/mol. The molecule has 100 valence electrons. The summed E-state index contributed by atoms with van der Waals surface area (Å²) in [4.78, 5) is 4.04. The fraction of sp³-hybridized carbons (Fsp3) is 0.214. The van der Waals surface area contributed by atoms with E-state index in [1.54, 1.807) is 18.5 Å². The first-order chi connectivity index (χ1) is 9.19. The number of nitrogens with zero attached hydrogens (tertiary/aromatic N) is 1. The Bertz CT molecular complexity index is 558. The predicted octanol–water partition coefficient (Wildman–Crippen LogP) is 3.93. The van der Waals surface area contributed by atoms with Crippen LogP contribution in [0.15, 0.2) is 36.7 Å². The van der Waals surface area contributed by atoms with Crippen LogP contribution in [0.25, 0.3) is 0 Å². The van der Waals surface area contributed by atoms with Crippen molar-refractivity contribution >= 4 is 17.1 Å². The average molecular weight is 263 g/mol. The molecule has 5 heteroatoms. The van der Waals surface area contributed by atoms with Crippen molar-refractivity contribution in [2.24, 2.45) is 0 Å². The summed E-state index contributed by atoms with van der Waals surface area (Å²) in [7, 11) is 0. The second-order valence-electron chi connectivity index (χ2n) is 4.14. The first kappa shape index (κ1) is 13.3. The van der Waals surface area contributed by atoms with E-state index in [2.05, 4.69) is 22.5 Å². The molecule has 0 saturated carbocycles. The number of nitrogens with one attached hydrogen (secondary N) is 2. The number of rotatable bonds is 5. The van der Waals surface area contributed by atoms with Gasteiger partial charge in [0, 0.05) is 12.6 Å². The van der Waals surface area contributed by atoms with Gasteiger partial charge in [-0.2, -0.15) is 0 Å². The number of aromatic nitrogens is 1. The summed E-state index contributed by atoms with van der Waals surface area (Å²) in [5, 5.41) is 5.99. The molecule has 0 spiro atoms. The van der Waals surface area contributed by atoms with Crippen LogP contribution < -0.4 is 10.6 Å². The molecule has 0 bridgehead atoms. The molecular formula is C14H15F2N3. The van der Waals surface area contributed by atoms with Crippen LogP contribution in [0.5, 0.6) is 0 Å². The van der Waals surface area contributed by atoms with E-state index in [9.17, 15) is 8.78 Å². The zero-order chi connectivity index (χ0) is 13.7. The monoisotopic (exact) mass is 263 g/mol. The molecular weight excluding hydrogens is 248 g/mol. The summed E-state index contributed by atoms with van der Waals surface area (Å²) < 4.78 is 26.6. The number of benzene rings is 1. The van der Waals surface area contributed by atoms with Gasteiger partial charge < -0.3 is 10.6 Å². The third-order valence-electron chi connectivity index (χ3n) is 2.52. The lowest BCUT2D eigenvalue weighted by molar-refractivity contribution is 0.603. The molecule has 0 unspecified atom stereocenters. The summed E-state index contributed by atoms with van der Waals surface area (Å²) in [6.07, 6.45) is 4.24. The summed E-state index contributed by atoms with van der Waals surface area (Å²) in [5.41, 5.74) is 1.53. The number of halogens is 2. The van der Waals surface area contributed by atoms with Crippen molar-refractivity contribution in [3.05, 3.63) is 48.3 Å². The number of hydrogen-bond donors (Lipinski definition) is 2. The largest absolute Gasteiger partial charge is 0.384 e. The molecule has 0 saturated heterocycles. The minimum atomic E-state index is -0.506. The Morgan fingerprint density at radius 3 is 2.68 bits per heavy atom. The highest BCUT2D eigenvalue weighted by Gasteiger charge is 2.04. The van der Waals surface area contributed by atoms with Gasteiger partial charge in [-0.3, -0.25) is 4.98 Å². The van der Waals surface area contributed by atoms with Crippen molar-refractivity contribution in [2.45, 2.75) is 13.3 Å². The van der Waals surface area contributed by atoms with E-state index in [0.717, 1.165) is 36.9 Å². The first-order valence-corrected chi connectivity index (χ1v) is 6.10. The van der Waals surface area contributed by atoms with E-state index in [0.29, 0.717) is 5.69 Å². The van der Waals surface area contributed by atoms with Gasteiger partial charge in [0.05, 0.1) is 29.5 Å². The van der Waals surface area contributed by atoms with E-state index in [1.165, 1.54) is 0 Å². The average Bonchev–Trinajstić information content (AvgIpc) is 2.41. The topological polar surface area (TPSA) is 37.0 Å². The molecule has 1 aromatic carbocycles. The van der Waals surface area contributed by atoms with E-state index in [1.807, 2.05) is 0 Å². The molecule has 19 heavy (non-hydrogen) atoms. The maximum atomic E-state index is 13.5. The van der Waals surface area contributed by atoms with Gasteiger partial charge in [0.1, 0.15) is 11.6 Å². The smallest absolute Gasteiger partial charge is 0.146 e. The van der Waals surface area contributed by atoms with Crippen LogP contribution in [0.3, 0.4) is 0 Å². The number of pyridine rings is 1. The Morgan fingerprint density at radius 2 is 1.89 bits per heavy atom. The van der Waals surface area contributed by atoms with Gasteiger partial charge in [-0.15, -0.1) is 0 Å². The molecule has 3 nitrogen and oxygen atoms in total. The summed E-state index contributed by atoms with van der Waals surface area (Å²) >= 11 is 0. The molecule has 0 atom stereocenters. The highest BCUT2D eigenvalue weighted by molar-refractivity contribution is 5.63. The third-order valence-corrected chi connectivity index (χ3v) is 2.52. The van der Waals surface area contributed by atoms with Gasteiger partial charge in [-0.05, 0) is 24.6 Å². The highest BCUT2D eigenvalue weighted by atomic mass is 19.1. The van der Waals surface area contributed by atoms with Crippen molar-refractivity contribution < 1.29 is 8.78 Å². The van der Waals surface area contributed by atoms with Gasteiger partial charge in [-0.1, -0.05) is 6.92 Å². The van der Waals surface area contributed by atoms with Crippen molar-refractivity contribution in [1.82, 2.24) is 4.98 Å². The summed E-state index contributed by atoms with van der Waals surface area (Å²) in [5.74, 6) is -0.995. The minimum Gasteiger partial charge on any atom is -0.384 e. The fourth-order valence-electron chi connectivity index (χ4n) is 1.62. The SMILES string of the molecule is CCCNc1cncc(Nc2cc(F)ccc2F)c1. The van der Waals surface area contributed by atoms with Crippen molar-refractivity contribution in [3.8, 4) is 0 Å². The molecule has 0 radical (unpaired) electrons. The molecule has 2 rings (SSSR count). The minimum absolute atomic E-state index is 0.0921. The maximum absolute atomic E-state index is 13.5. The first-order valence-electron chi connectivity index (χ1n) is 6.10. The lowest BCUT2D eigenvalue weighted by atomic mass is 10.2. The lowest BCUT2D eigenvalue weighted by Gasteiger charge is -2.10. The van der Waals surface area contributed by atoms with E-state index in [4.69, 9.17) is 0 Å². The number of hydrogen-bond acceptors (Lipinski definition) is 3. The van der Waals surface area contributed by atoms with Crippen LogP contribution in [0.1, 0.15) is 13.3 Å². The van der Waals surface area contributed by atoms with Crippen LogP contribution in [-0.2, 0) is 0 Å². The Morgan fingerprint density at radius 1 is 1.11 bits per heavy atom. The van der Waals surface area contributed by atoms with E-state index < -0.39 is 11.6 Å². The van der Waals surface area contributed by atoms with Gasteiger partial charge >= 0.3 is 0 Å². The van der Waals surface area contributed by atoms with Gasteiger partial charge in [-0.25, -0.2) is 8.78 Å². The summed E-state index contributed by atoms with van der Waals surface area (Å²) in [6, 6.07) is 5.08. The maximum Gasteiger partial charge on any atom is 0.146 e. The quantitative estimate of drug-likeness (QED) is 0.858. The Kier molecular flexibility index (Phi) is 4.28.